The van der Waals surface area contributed by atoms with Gasteiger partial charge < -0.3 is 16.0 Å². The van der Waals surface area contributed by atoms with Crippen molar-refractivity contribution in [2.45, 2.75) is 13.0 Å². The molecule has 5 rings (SSSR count). The van der Waals surface area contributed by atoms with Crippen LogP contribution in [-0.2, 0) is 0 Å². The lowest BCUT2D eigenvalue weighted by Gasteiger charge is -2.37. The van der Waals surface area contributed by atoms with E-state index in [1.54, 1.807) is 4.68 Å². The molecule has 0 aliphatic carbocycles. The van der Waals surface area contributed by atoms with Crippen LogP contribution in [0.3, 0.4) is 0 Å². The minimum absolute atomic E-state index is 0.0149. The van der Waals surface area contributed by atoms with Gasteiger partial charge in [-0.2, -0.15) is 19.6 Å². The van der Waals surface area contributed by atoms with Crippen molar-refractivity contribution in [3.8, 4) is 5.69 Å². The van der Waals surface area contributed by atoms with E-state index in [9.17, 15) is 0 Å². The van der Waals surface area contributed by atoms with Gasteiger partial charge in [0.1, 0.15) is 0 Å². The molecule has 168 valence electrons. The Morgan fingerprint density at radius 3 is 2.30 bits per heavy atom. The van der Waals surface area contributed by atoms with Crippen LogP contribution in [0.2, 0.25) is 0 Å². The first kappa shape index (κ1) is 20.8. The summed E-state index contributed by atoms with van der Waals surface area (Å²) in [5.74, 6) is 2.03. The summed E-state index contributed by atoms with van der Waals surface area (Å²) in [6, 6.07) is 19.6. The molecule has 3 N–H and O–H groups in total. The maximum Gasteiger partial charge on any atom is 0.250 e. The van der Waals surface area contributed by atoms with Crippen molar-refractivity contribution in [1.29, 1.82) is 0 Å². The zero-order chi connectivity index (χ0) is 22.6. The predicted octanol–water partition coefficient (Wildman–Crippen LogP) is 2.06. The van der Waals surface area contributed by atoms with E-state index in [1.165, 1.54) is 0 Å². The molecule has 0 saturated carbocycles. The normalized spacial score (nSPS) is 15.4. The summed E-state index contributed by atoms with van der Waals surface area (Å²) in [5, 5.41) is 15.5. The lowest BCUT2D eigenvalue weighted by atomic mass is 10.2. The Bertz CT molecular complexity index is 1190. The molecule has 4 aromatic rings. The standard InChI is InChI=1S/C22H25N11/c1-16(19-25-20(23)27-21(26-19)24-17-8-4-2-5-9-17)31-12-14-32(15-13-31)22-28-29-30-33(22)18-10-6-3-7-11-18/h2-11,16H,12-15H2,1H3,(H3,23,24,25,26,27). The fourth-order valence-electron chi connectivity index (χ4n) is 3.89. The van der Waals surface area contributed by atoms with Gasteiger partial charge in [-0.25, -0.2) is 0 Å². The van der Waals surface area contributed by atoms with Crippen molar-refractivity contribution in [2.75, 3.05) is 42.1 Å². The third-order valence-corrected chi connectivity index (χ3v) is 5.67. The molecule has 3 heterocycles. The highest BCUT2D eigenvalue weighted by molar-refractivity contribution is 5.53. The Hall–Kier alpha value is -4.12. The van der Waals surface area contributed by atoms with Crippen LogP contribution in [-0.4, -0.2) is 66.2 Å². The Balaban J connectivity index is 1.27. The number of para-hydroxylation sites is 2. The molecule has 1 saturated heterocycles. The lowest BCUT2D eigenvalue weighted by Crippen LogP contribution is -2.48. The number of aromatic nitrogens is 7. The molecule has 1 atom stereocenters. The number of tetrazole rings is 1. The SMILES string of the molecule is CC(c1nc(N)nc(Nc2ccccc2)n1)N1CCN(c2nnnn2-c2ccccc2)CC1. The Labute approximate surface area is 191 Å². The van der Waals surface area contributed by atoms with Gasteiger partial charge in [-0.1, -0.05) is 41.5 Å². The molecule has 0 radical (unpaired) electrons. The molecule has 2 aromatic heterocycles. The number of rotatable bonds is 6. The van der Waals surface area contributed by atoms with Crippen molar-refractivity contribution in [3.05, 3.63) is 66.5 Å². The van der Waals surface area contributed by atoms with Crippen molar-refractivity contribution in [3.63, 3.8) is 0 Å². The van der Waals surface area contributed by atoms with Crippen molar-refractivity contribution >= 4 is 23.5 Å². The highest BCUT2D eigenvalue weighted by Gasteiger charge is 2.27. The largest absolute Gasteiger partial charge is 0.368 e. The van der Waals surface area contributed by atoms with Gasteiger partial charge in [0.15, 0.2) is 5.82 Å². The molecule has 1 fully saturated rings. The number of hydrogen-bond donors (Lipinski definition) is 2. The average molecular weight is 444 g/mol. The minimum atomic E-state index is -0.0149. The van der Waals surface area contributed by atoms with Gasteiger partial charge >= 0.3 is 0 Å². The third-order valence-electron chi connectivity index (χ3n) is 5.67. The minimum Gasteiger partial charge on any atom is -0.368 e. The summed E-state index contributed by atoms with van der Waals surface area (Å²) < 4.78 is 1.77. The fraction of sp³-hybridized carbons (Fsp3) is 0.273. The highest BCUT2D eigenvalue weighted by atomic mass is 15.6. The van der Waals surface area contributed by atoms with Gasteiger partial charge in [0.05, 0.1) is 11.7 Å². The number of nitrogen functional groups attached to an aromatic ring is 1. The first-order chi connectivity index (χ1) is 16.2. The van der Waals surface area contributed by atoms with E-state index in [1.807, 2.05) is 60.7 Å². The summed E-state index contributed by atoms with van der Waals surface area (Å²) >= 11 is 0. The second-order valence-electron chi connectivity index (χ2n) is 7.79. The van der Waals surface area contributed by atoms with E-state index in [2.05, 4.69) is 52.5 Å². The van der Waals surface area contributed by atoms with Crippen LogP contribution in [0.15, 0.2) is 60.7 Å². The second-order valence-corrected chi connectivity index (χ2v) is 7.79. The van der Waals surface area contributed by atoms with Gasteiger partial charge in [0.2, 0.25) is 17.8 Å². The molecule has 1 aliphatic rings. The molecule has 1 aliphatic heterocycles. The van der Waals surface area contributed by atoms with Crippen LogP contribution in [0.5, 0.6) is 0 Å². The zero-order valence-electron chi connectivity index (χ0n) is 18.3. The molecule has 0 amide bonds. The van der Waals surface area contributed by atoms with E-state index >= 15 is 0 Å². The van der Waals surface area contributed by atoms with E-state index < -0.39 is 0 Å². The molecule has 0 spiro atoms. The Morgan fingerprint density at radius 1 is 0.879 bits per heavy atom. The topological polar surface area (TPSA) is 127 Å². The van der Waals surface area contributed by atoms with E-state index in [0.29, 0.717) is 11.8 Å². The number of piperazine rings is 1. The zero-order valence-corrected chi connectivity index (χ0v) is 18.3. The van der Waals surface area contributed by atoms with E-state index in [-0.39, 0.29) is 12.0 Å². The van der Waals surface area contributed by atoms with Crippen molar-refractivity contribution in [1.82, 2.24) is 40.1 Å². The summed E-state index contributed by atoms with van der Waals surface area (Å²) in [4.78, 5) is 17.8. The second kappa shape index (κ2) is 9.17. The molecule has 1 unspecified atom stereocenters. The first-order valence-corrected chi connectivity index (χ1v) is 10.8. The number of benzene rings is 2. The summed E-state index contributed by atoms with van der Waals surface area (Å²) in [6.45, 7) is 5.29. The number of hydrogen-bond acceptors (Lipinski definition) is 10. The smallest absolute Gasteiger partial charge is 0.250 e. The lowest BCUT2D eigenvalue weighted by molar-refractivity contribution is 0.190. The van der Waals surface area contributed by atoms with Crippen LogP contribution < -0.4 is 16.0 Å². The molecule has 11 nitrogen and oxygen atoms in total. The monoisotopic (exact) mass is 443 g/mol. The Morgan fingerprint density at radius 2 is 1.58 bits per heavy atom. The number of nitrogens with zero attached hydrogens (tertiary/aromatic N) is 9. The Kier molecular flexibility index (Phi) is 5.77. The predicted molar refractivity (Wildman–Crippen MR) is 125 cm³/mol. The summed E-state index contributed by atoms with van der Waals surface area (Å²) in [6.07, 6.45) is 0. The van der Waals surface area contributed by atoms with Crippen LogP contribution in [0.25, 0.3) is 5.69 Å². The van der Waals surface area contributed by atoms with E-state index in [0.717, 1.165) is 43.5 Å². The van der Waals surface area contributed by atoms with Crippen LogP contribution >= 0.6 is 0 Å². The maximum atomic E-state index is 5.98. The van der Waals surface area contributed by atoms with Crippen molar-refractivity contribution in [2.24, 2.45) is 0 Å². The average Bonchev–Trinajstić information content (AvgIpc) is 3.35. The molecule has 0 bridgehead atoms. The van der Waals surface area contributed by atoms with Crippen LogP contribution in [0.1, 0.15) is 18.8 Å². The molecular weight excluding hydrogens is 418 g/mol. The number of nitrogens with two attached hydrogens (primary N) is 1. The van der Waals surface area contributed by atoms with Gasteiger partial charge in [-0.15, -0.1) is 0 Å². The highest BCUT2D eigenvalue weighted by Crippen LogP contribution is 2.23. The maximum absolute atomic E-state index is 5.98. The molecular formula is C22H25N11. The van der Waals surface area contributed by atoms with Gasteiger partial charge in [-0.3, -0.25) is 4.90 Å². The van der Waals surface area contributed by atoms with Crippen LogP contribution in [0.4, 0.5) is 23.5 Å². The summed E-state index contributed by atoms with van der Waals surface area (Å²) in [5.41, 5.74) is 7.82. The summed E-state index contributed by atoms with van der Waals surface area (Å²) in [7, 11) is 0. The van der Waals surface area contributed by atoms with Crippen molar-refractivity contribution < 1.29 is 0 Å². The van der Waals surface area contributed by atoms with E-state index in [4.69, 9.17) is 5.73 Å². The fourth-order valence-corrected chi connectivity index (χ4v) is 3.89. The molecule has 33 heavy (non-hydrogen) atoms. The number of nitrogens with one attached hydrogen (secondary N) is 1. The molecule has 11 heteroatoms. The van der Waals surface area contributed by atoms with Gasteiger partial charge in [-0.05, 0) is 41.6 Å². The first-order valence-electron chi connectivity index (χ1n) is 10.8. The third kappa shape index (κ3) is 4.58. The van der Waals surface area contributed by atoms with Crippen LogP contribution in [0, 0.1) is 0 Å². The van der Waals surface area contributed by atoms with Gasteiger partial charge in [0, 0.05) is 31.9 Å². The molecule has 2 aromatic carbocycles. The van der Waals surface area contributed by atoms with Gasteiger partial charge in [0.25, 0.3) is 0 Å². The quantitative estimate of drug-likeness (QED) is 0.457. The number of anilines is 4.